The second-order valence-corrected chi connectivity index (χ2v) is 9.56. The zero-order valence-electron chi connectivity index (χ0n) is 22.2. The molecule has 8 nitrogen and oxygen atoms in total. The molecular weight excluding hydrogens is 492 g/mol. The van der Waals surface area contributed by atoms with Crippen molar-refractivity contribution >= 4 is 23.5 Å². The van der Waals surface area contributed by atoms with Crippen LogP contribution in [0.4, 0.5) is 5.69 Å². The van der Waals surface area contributed by atoms with Gasteiger partial charge in [-0.05, 0) is 86.0 Å². The highest BCUT2D eigenvalue weighted by molar-refractivity contribution is 5.96. The van der Waals surface area contributed by atoms with Gasteiger partial charge in [0.1, 0.15) is 0 Å². The Morgan fingerprint density at radius 3 is 2.15 bits per heavy atom. The Kier molecular flexibility index (Phi) is 12.2. The van der Waals surface area contributed by atoms with Gasteiger partial charge in [-0.2, -0.15) is 5.48 Å². The van der Waals surface area contributed by atoms with Gasteiger partial charge in [0.2, 0.25) is 5.91 Å². The minimum absolute atomic E-state index is 0.0988. The molecule has 0 spiro atoms. The van der Waals surface area contributed by atoms with Crippen LogP contribution in [0.1, 0.15) is 59.2 Å². The summed E-state index contributed by atoms with van der Waals surface area (Å²) in [4.78, 5) is 41.9. The summed E-state index contributed by atoms with van der Waals surface area (Å²) in [5, 5.41) is 2.72. The van der Waals surface area contributed by atoms with Crippen molar-refractivity contribution in [3.05, 3.63) is 101 Å². The summed E-state index contributed by atoms with van der Waals surface area (Å²) in [6.45, 7) is 0.565. The van der Waals surface area contributed by atoms with Crippen molar-refractivity contribution in [1.82, 2.24) is 5.48 Å². The molecule has 3 aromatic carbocycles. The van der Waals surface area contributed by atoms with Crippen LogP contribution in [0.25, 0.3) is 0 Å². The van der Waals surface area contributed by atoms with E-state index in [1.807, 2.05) is 24.3 Å². The van der Waals surface area contributed by atoms with E-state index in [4.69, 9.17) is 16.3 Å². The molecule has 2 amide bonds. The standard InChI is InChI=1S/C31H38N4O4/c32-20-7-6-15-28(33)30(37)34-27-18-16-26(17-19-27)31(38)39-35-29(36)22-25-14-8-13-24(21-25)12-5-4-11-23-9-2-1-3-10-23/h1-3,8-10,13-14,16-19,21,28H,4-7,11-12,15,20,22,32-33H2,(H,34,37)(H,35,36)/t28-/m0/s1. The van der Waals surface area contributed by atoms with E-state index in [1.54, 1.807) is 12.1 Å². The number of rotatable bonds is 14. The molecule has 6 N–H and O–H groups in total. The number of carbonyl (C=O) groups excluding carboxylic acids is 3. The van der Waals surface area contributed by atoms with Crippen molar-refractivity contribution in [2.45, 2.75) is 57.4 Å². The van der Waals surface area contributed by atoms with Crippen molar-refractivity contribution in [1.29, 1.82) is 0 Å². The number of hydroxylamine groups is 1. The summed E-state index contributed by atoms with van der Waals surface area (Å²) in [5.41, 5.74) is 17.7. The molecule has 0 heterocycles. The number of anilines is 1. The molecule has 0 aliphatic rings. The van der Waals surface area contributed by atoms with Gasteiger partial charge in [0, 0.05) is 5.69 Å². The maximum Gasteiger partial charge on any atom is 0.362 e. The van der Waals surface area contributed by atoms with Crippen LogP contribution >= 0.6 is 0 Å². The van der Waals surface area contributed by atoms with Gasteiger partial charge in [0.25, 0.3) is 5.91 Å². The highest BCUT2D eigenvalue weighted by atomic mass is 16.7. The number of aryl methyl sites for hydroxylation is 2. The van der Waals surface area contributed by atoms with Gasteiger partial charge >= 0.3 is 5.97 Å². The van der Waals surface area contributed by atoms with Crippen LogP contribution in [-0.2, 0) is 33.7 Å². The van der Waals surface area contributed by atoms with E-state index in [0.717, 1.165) is 44.1 Å². The maximum absolute atomic E-state index is 12.4. The minimum Gasteiger partial charge on any atom is -0.335 e. The maximum atomic E-state index is 12.4. The molecule has 39 heavy (non-hydrogen) atoms. The molecule has 8 heteroatoms. The normalized spacial score (nSPS) is 11.4. The summed E-state index contributed by atoms with van der Waals surface area (Å²) in [6, 6.07) is 23.9. The van der Waals surface area contributed by atoms with E-state index in [2.05, 4.69) is 41.1 Å². The monoisotopic (exact) mass is 530 g/mol. The van der Waals surface area contributed by atoms with Crippen molar-refractivity contribution < 1.29 is 19.2 Å². The molecule has 206 valence electrons. The summed E-state index contributed by atoms with van der Waals surface area (Å²) in [7, 11) is 0. The SMILES string of the molecule is NCCCC[C@H](N)C(=O)Nc1ccc(C(=O)ONC(=O)Cc2cccc(CCCCc3ccccc3)c2)cc1. The van der Waals surface area contributed by atoms with Gasteiger partial charge in [-0.3, -0.25) is 9.59 Å². The number of carbonyl (C=O) groups is 3. The first-order valence-corrected chi connectivity index (χ1v) is 13.4. The first kappa shape index (κ1) is 29.5. The van der Waals surface area contributed by atoms with Crippen molar-refractivity contribution in [2.24, 2.45) is 11.5 Å². The van der Waals surface area contributed by atoms with Gasteiger partial charge in [0.15, 0.2) is 0 Å². The number of amides is 2. The zero-order valence-corrected chi connectivity index (χ0v) is 22.2. The topological polar surface area (TPSA) is 137 Å². The van der Waals surface area contributed by atoms with E-state index in [1.165, 1.54) is 23.3 Å². The van der Waals surface area contributed by atoms with Crippen LogP contribution in [0, 0.1) is 0 Å². The largest absolute Gasteiger partial charge is 0.362 e. The Labute approximate surface area is 230 Å². The van der Waals surface area contributed by atoms with Gasteiger partial charge in [-0.15, -0.1) is 0 Å². The number of hydrogen-bond donors (Lipinski definition) is 4. The van der Waals surface area contributed by atoms with Crippen molar-refractivity contribution in [3.63, 3.8) is 0 Å². The van der Waals surface area contributed by atoms with Gasteiger partial charge < -0.3 is 21.6 Å². The molecule has 3 rings (SSSR count). The first-order valence-electron chi connectivity index (χ1n) is 13.4. The minimum atomic E-state index is -0.702. The Balaban J connectivity index is 1.38. The summed E-state index contributed by atoms with van der Waals surface area (Å²) >= 11 is 0. The molecule has 0 radical (unpaired) electrons. The van der Waals surface area contributed by atoms with Crippen LogP contribution in [0.5, 0.6) is 0 Å². The second kappa shape index (κ2) is 16.1. The molecule has 0 unspecified atom stereocenters. The summed E-state index contributed by atoms with van der Waals surface area (Å²) < 4.78 is 0. The summed E-state index contributed by atoms with van der Waals surface area (Å²) in [6.07, 6.45) is 6.39. The molecule has 0 aliphatic heterocycles. The average molecular weight is 531 g/mol. The third-order valence-corrected chi connectivity index (χ3v) is 6.33. The predicted molar refractivity (Wildman–Crippen MR) is 153 cm³/mol. The van der Waals surface area contributed by atoms with E-state index in [-0.39, 0.29) is 17.9 Å². The lowest BCUT2D eigenvalue weighted by Gasteiger charge is -2.12. The Bertz CT molecular complexity index is 1200. The lowest BCUT2D eigenvalue weighted by molar-refractivity contribution is -0.129. The number of benzene rings is 3. The molecule has 0 saturated carbocycles. The van der Waals surface area contributed by atoms with Gasteiger partial charge in [-0.1, -0.05) is 61.0 Å². The van der Waals surface area contributed by atoms with E-state index >= 15 is 0 Å². The number of unbranched alkanes of at least 4 members (excludes halogenated alkanes) is 2. The molecule has 0 saturated heterocycles. The predicted octanol–water partition coefficient (Wildman–Crippen LogP) is 4.08. The van der Waals surface area contributed by atoms with Crippen LogP contribution in [0.2, 0.25) is 0 Å². The fourth-order valence-corrected chi connectivity index (χ4v) is 4.15. The molecule has 0 fully saturated rings. The Morgan fingerprint density at radius 1 is 0.769 bits per heavy atom. The van der Waals surface area contributed by atoms with E-state index < -0.39 is 17.9 Å². The lowest BCUT2D eigenvalue weighted by Crippen LogP contribution is -2.35. The highest BCUT2D eigenvalue weighted by Gasteiger charge is 2.14. The van der Waals surface area contributed by atoms with Gasteiger partial charge in [-0.25, -0.2) is 4.79 Å². The van der Waals surface area contributed by atoms with Crippen LogP contribution in [-0.4, -0.2) is 30.4 Å². The van der Waals surface area contributed by atoms with Crippen molar-refractivity contribution in [3.8, 4) is 0 Å². The van der Waals surface area contributed by atoms with Crippen molar-refractivity contribution in [2.75, 3.05) is 11.9 Å². The molecule has 0 aromatic heterocycles. The molecule has 0 bridgehead atoms. The smallest absolute Gasteiger partial charge is 0.335 e. The zero-order chi connectivity index (χ0) is 27.9. The van der Waals surface area contributed by atoms with Crippen LogP contribution < -0.4 is 22.3 Å². The van der Waals surface area contributed by atoms with E-state index in [0.29, 0.717) is 18.7 Å². The van der Waals surface area contributed by atoms with Crippen LogP contribution in [0.3, 0.4) is 0 Å². The molecule has 0 aliphatic carbocycles. The lowest BCUT2D eigenvalue weighted by atomic mass is 10.0. The second-order valence-electron chi connectivity index (χ2n) is 9.56. The summed E-state index contributed by atoms with van der Waals surface area (Å²) in [5.74, 6) is -1.42. The molecule has 1 atom stereocenters. The van der Waals surface area contributed by atoms with E-state index in [9.17, 15) is 14.4 Å². The fourth-order valence-electron chi connectivity index (χ4n) is 4.15. The first-order chi connectivity index (χ1) is 18.9. The number of hydrogen-bond acceptors (Lipinski definition) is 6. The molecular formula is C31H38N4O4. The van der Waals surface area contributed by atoms with Gasteiger partial charge in [0.05, 0.1) is 18.0 Å². The fraction of sp³-hybridized carbons (Fsp3) is 0.323. The van der Waals surface area contributed by atoms with Crippen LogP contribution in [0.15, 0.2) is 78.9 Å². The Hall–Kier alpha value is -4.01. The highest BCUT2D eigenvalue weighted by Crippen LogP contribution is 2.13. The average Bonchev–Trinajstić information content (AvgIpc) is 2.95. The number of nitrogens with two attached hydrogens (primary N) is 2. The molecule has 3 aromatic rings. The quantitative estimate of drug-likeness (QED) is 0.183. The third-order valence-electron chi connectivity index (χ3n) is 6.33. The third kappa shape index (κ3) is 10.7. The number of nitrogens with one attached hydrogen (secondary N) is 2. The Morgan fingerprint density at radius 2 is 1.44 bits per heavy atom.